The SMILES string of the molecule is CNCCCc1cc2c(C)ccc(C)c2n(C)c1=O. The van der Waals surface area contributed by atoms with Gasteiger partial charge in [-0.05, 0) is 57.5 Å². The van der Waals surface area contributed by atoms with Crippen LogP contribution in [0.5, 0.6) is 0 Å². The number of aromatic nitrogens is 1. The number of hydrogen-bond acceptors (Lipinski definition) is 2. The predicted molar refractivity (Wildman–Crippen MR) is 80.9 cm³/mol. The summed E-state index contributed by atoms with van der Waals surface area (Å²) in [4.78, 5) is 12.4. The number of pyridine rings is 1. The standard InChI is InChI=1S/C16H22N2O/c1-11-7-8-12(2)15-14(11)10-13(6-5-9-17-3)16(19)18(15)4/h7-8,10,17H,5-6,9H2,1-4H3. The summed E-state index contributed by atoms with van der Waals surface area (Å²) in [5.41, 5.74) is 4.49. The van der Waals surface area contributed by atoms with Crippen LogP contribution < -0.4 is 10.9 Å². The Labute approximate surface area is 114 Å². The molecule has 2 aromatic rings. The Morgan fingerprint density at radius 1 is 1.21 bits per heavy atom. The Hall–Kier alpha value is -1.61. The summed E-state index contributed by atoms with van der Waals surface area (Å²) in [6, 6.07) is 6.28. The van der Waals surface area contributed by atoms with E-state index in [2.05, 4.69) is 37.4 Å². The lowest BCUT2D eigenvalue weighted by Crippen LogP contribution is -2.23. The zero-order chi connectivity index (χ0) is 14.0. The first kappa shape index (κ1) is 13.8. The second kappa shape index (κ2) is 5.57. The fourth-order valence-electron chi connectivity index (χ4n) is 2.63. The molecule has 1 N–H and O–H groups in total. The van der Waals surface area contributed by atoms with E-state index in [0.717, 1.165) is 36.0 Å². The van der Waals surface area contributed by atoms with Crippen LogP contribution in [-0.2, 0) is 13.5 Å². The van der Waals surface area contributed by atoms with E-state index in [1.54, 1.807) is 4.57 Å². The number of hydrogen-bond donors (Lipinski definition) is 1. The highest BCUT2D eigenvalue weighted by atomic mass is 16.1. The van der Waals surface area contributed by atoms with E-state index in [9.17, 15) is 4.79 Å². The van der Waals surface area contributed by atoms with Gasteiger partial charge in [-0.1, -0.05) is 12.1 Å². The van der Waals surface area contributed by atoms with Crippen LogP contribution >= 0.6 is 0 Å². The molecule has 0 spiro atoms. The molecule has 0 radical (unpaired) electrons. The van der Waals surface area contributed by atoms with Crippen molar-refractivity contribution in [2.24, 2.45) is 7.05 Å². The van der Waals surface area contributed by atoms with Gasteiger partial charge in [-0.2, -0.15) is 0 Å². The first-order valence-corrected chi connectivity index (χ1v) is 6.79. The smallest absolute Gasteiger partial charge is 0.253 e. The fourth-order valence-corrected chi connectivity index (χ4v) is 2.63. The molecule has 0 unspecified atom stereocenters. The summed E-state index contributed by atoms with van der Waals surface area (Å²) >= 11 is 0. The maximum Gasteiger partial charge on any atom is 0.253 e. The predicted octanol–water partition coefficient (Wildman–Crippen LogP) is 2.31. The Morgan fingerprint density at radius 2 is 1.89 bits per heavy atom. The summed E-state index contributed by atoms with van der Waals surface area (Å²) in [5.74, 6) is 0. The molecular formula is C16H22N2O. The van der Waals surface area contributed by atoms with Gasteiger partial charge < -0.3 is 9.88 Å². The van der Waals surface area contributed by atoms with E-state index in [0.29, 0.717) is 0 Å². The number of fused-ring (bicyclic) bond motifs is 1. The monoisotopic (exact) mass is 258 g/mol. The molecule has 2 rings (SSSR count). The highest BCUT2D eigenvalue weighted by molar-refractivity contribution is 5.85. The molecule has 0 amide bonds. The zero-order valence-electron chi connectivity index (χ0n) is 12.2. The Morgan fingerprint density at radius 3 is 2.58 bits per heavy atom. The minimum Gasteiger partial charge on any atom is -0.320 e. The van der Waals surface area contributed by atoms with Crippen LogP contribution in [0.4, 0.5) is 0 Å². The van der Waals surface area contributed by atoms with Crippen molar-refractivity contribution < 1.29 is 0 Å². The van der Waals surface area contributed by atoms with Crippen LogP contribution in [0.2, 0.25) is 0 Å². The number of nitrogens with zero attached hydrogens (tertiary/aromatic N) is 1. The molecule has 1 aromatic heterocycles. The second-order valence-corrected chi connectivity index (χ2v) is 5.20. The molecule has 3 nitrogen and oxygen atoms in total. The second-order valence-electron chi connectivity index (χ2n) is 5.20. The van der Waals surface area contributed by atoms with Crippen molar-refractivity contribution in [3.05, 3.63) is 45.2 Å². The molecule has 0 fully saturated rings. The average molecular weight is 258 g/mol. The van der Waals surface area contributed by atoms with Gasteiger partial charge in [0, 0.05) is 18.0 Å². The summed E-state index contributed by atoms with van der Waals surface area (Å²) in [5, 5.41) is 4.32. The third kappa shape index (κ3) is 2.56. The van der Waals surface area contributed by atoms with Crippen molar-refractivity contribution in [3.8, 4) is 0 Å². The van der Waals surface area contributed by atoms with Crippen molar-refractivity contribution in [2.45, 2.75) is 26.7 Å². The molecule has 0 saturated heterocycles. The molecule has 0 atom stereocenters. The lowest BCUT2D eigenvalue weighted by molar-refractivity contribution is 0.715. The number of aryl methyl sites for hydroxylation is 4. The van der Waals surface area contributed by atoms with Gasteiger partial charge in [0.15, 0.2) is 0 Å². The van der Waals surface area contributed by atoms with Gasteiger partial charge in [0.1, 0.15) is 0 Å². The van der Waals surface area contributed by atoms with E-state index in [4.69, 9.17) is 0 Å². The Kier molecular flexibility index (Phi) is 4.05. The average Bonchev–Trinajstić information content (AvgIpc) is 2.39. The third-order valence-corrected chi connectivity index (χ3v) is 3.74. The lowest BCUT2D eigenvalue weighted by Gasteiger charge is -2.13. The zero-order valence-corrected chi connectivity index (χ0v) is 12.2. The van der Waals surface area contributed by atoms with Crippen molar-refractivity contribution in [3.63, 3.8) is 0 Å². The minimum absolute atomic E-state index is 0.136. The van der Waals surface area contributed by atoms with Gasteiger partial charge in [0.2, 0.25) is 0 Å². The lowest BCUT2D eigenvalue weighted by atomic mass is 10.0. The highest BCUT2D eigenvalue weighted by Gasteiger charge is 2.09. The first-order chi connectivity index (χ1) is 9.06. The first-order valence-electron chi connectivity index (χ1n) is 6.79. The van der Waals surface area contributed by atoms with Crippen molar-refractivity contribution in [1.82, 2.24) is 9.88 Å². The summed E-state index contributed by atoms with van der Waals surface area (Å²) in [7, 11) is 3.81. The van der Waals surface area contributed by atoms with Crippen molar-refractivity contribution in [2.75, 3.05) is 13.6 Å². The van der Waals surface area contributed by atoms with Crippen LogP contribution in [0.1, 0.15) is 23.1 Å². The number of rotatable bonds is 4. The molecule has 102 valence electrons. The fraction of sp³-hybridized carbons (Fsp3) is 0.438. The molecule has 1 heterocycles. The van der Waals surface area contributed by atoms with Crippen LogP contribution in [0.3, 0.4) is 0 Å². The molecule has 19 heavy (non-hydrogen) atoms. The van der Waals surface area contributed by atoms with Crippen LogP contribution in [0.15, 0.2) is 23.0 Å². The molecule has 0 saturated carbocycles. The normalized spacial score (nSPS) is 11.2. The Balaban J connectivity index is 2.60. The molecular weight excluding hydrogens is 236 g/mol. The maximum atomic E-state index is 12.4. The van der Waals surface area contributed by atoms with Crippen molar-refractivity contribution in [1.29, 1.82) is 0 Å². The Bertz CT molecular complexity index is 656. The van der Waals surface area contributed by atoms with Gasteiger partial charge in [-0.25, -0.2) is 0 Å². The quantitative estimate of drug-likeness (QED) is 0.854. The van der Waals surface area contributed by atoms with E-state index in [-0.39, 0.29) is 5.56 Å². The van der Waals surface area contributed by atoms with Gasteiger partial charge in [-0.15, -0.1) is 0 Å². The van der Waals surface area contributed by atoms with Gasteiger partial charge in [-0.3, -0.25) is 4.79 Å². The van der Waals surface area contributed by atoms with E-state index in [1.807, 2.05) is 14.1 Å². The van der Waals surface area contributed by atoms with E-state index >= 15 is 0 Å². The molecule has 3 heteroatoms. The molecule has 0 aliphatic carbocycles. The maximum absolute atomic E-state index is 12.4. The highest BCUT2D eigenvalue weighted by Crippen LogP contribution is 2.21. The molecule has 0 bridgehead atoms. The van der Waals surface area contributed by atoms with E-state index < -0.39 is 0 Å². The van der Waals surface area contributed by atoms with Crippen molar-refractivity contribution >= 4 is 10.9 Å². The molecule has 1 aromatic carbocycles. The summed E-state index contributed by atoms with van der Waals surface area (Å²) in [6.07, 6.45) is 1.82. The largest absolute Gasteiger partial charge is 0.320 e. The number of nitrogens with one attached hydrogen (secondary N) is 1. The van der Waals surface area contributed by atoms with Crippen LogP contribution in [0.25, 0.3) is 10.9 Å². The van der Waals surface area contributed by atoms with E-state index in [1.165, 1.54) is 10.9 Å². The van der Waals surface area contributed by atoms with Gasteiger partial charge in [0.05, 0.1) is 5.52 Å². The molecule has 0 aliphatic heterocycles. The summed E-state index contributed by atoms with van der Waals surface area (Å²) in [6.45, 7) is 5.10. The topological polar surface area (TPSA) is 34.0 Å². The number of benzene rings is 1. The summed E-state index contributed by atoms with van der Waals surface area (Å²) < 4.78 is 1.80. The molecule has 0 aliphatic rings. The third-order valence-electron chi connectivity index (χ3n) is 3.74. The van der Waals surface area contributed by atoms with Crippen LogP contribution in [0, 0.1) is 13.8 Å². The van der Waals surface area contributed by atoms with Crippen LogP contribution in [-0.4, -0.2) is 18.2 Å². The minimum atomic E-state index is 0.136. The van der Waals surface area contributed by atoms with Gasteiger partial charge >= 0.3 is 0 Å². The van der Waals surface area contributed by atoms with Gasteiger partial charge in [0.25, 0.3) is 5.56 Å².